The lowest BCUT2D eigenvalue weighted by atomic mass is 10.1. The molecule has 0 fully saturated rings. The van der Waals surface area contributed by atoms with Crippen molar-refractivity contribution in [2.45, 2.75) is 46.1 Å². The van der Waals surface area contributed by atoms with Gasteiger partial charge in [-0.25, -0.2) is 9.48 Å². The Morgan fingerprint density at radius 2 is 2.06 bits per heavy atom. The van der Waals surface area contributed by atoms with E-state index in [1.807, 2.05) is 20.8 Å². The van der Waals surface area contributed by atoms with Gasteiger partial charge in [-0.05, 0) is 27.2 Å². The summed E-state index contributed by atoms with van der Waals surface area (Å²) < 4.78 is 6.49. The van der Waals surface area contributed by atoms with Gasteiger partial charge in [-0.2, -0.15) is 0 Å². The molecule has 0 unspecified atom stereocenters. The fourth-order valence-electron chi connectivity index (χ4n) is 1.56. The van der Waals surface area contributed by atoms with Crippen LogP contribution in [0.4, 0.5) is 0 Å². The van der Waals surface area contributed by atoms with Gasteiger partial charge in [0.25, 0.3) is 0 Å². The number of hydrogen-bond acceptors (Lipinski definition) is 4. The molecule has 90 valence electrons. The van der Waals surface area contributed by atoms with Crippen LogP contribution in [0.25, 0.3) is 0 Å². The molecule has 1 aromatic rings. The topological polar surface area (TPSA) is 57.0 Å². The number of rotatable bonds is 3. The summed E-state index contributed by atoms with van der Waals surface area (Å²) in [7, 11) is 1.36. The van der Waals surface area contributed by atoms with Crippen molar-refractivity contribution >= 4 is 5.97 Å². The zero-order valence-electron chi connectivity index (χ0n) is 10.6. The first-order valence-electron chi connectivity index (χ1n) is 5.45. The first-order valence-corrected chi connectivity index (χ1v) is 5.45. The number of methoxy groups -OCH3 is 1. The number of carbonyl (C=O) groups excluding carboxylic acids is 1. The zero-order chi connectivity index (χ0) is 12.3. The maximum Gasteiger partial charge on any atom is 0.360 e. The molecule has 0 aromatic carbocycles. The van der Waals surface area contributed by atoms with E-state index in [9.17, 15) is 4.79 Å². The number of hydrogen-bond donors (Lipinski definition) is 0. The number of ether oxygens (including phenoxy) is 1. The van der Waals surface area contributed by atoms with Crippen LogP contribution in [0.1, 0.15) is 50.3 Å². The van der Waals surface area contributed by atoms with E-state index in [2.05, 4.69) is 17.2 Å². The van der Waals surface area contributed by atoms with Gasteiger partial charge in [-0.3, -0.25) is 0 Å². The molecule has 0 saturated carbocycles. The Labute approximate surface area is 95.8 Å². The van der Waals surface area contributed by atoms with Crippen LogP contribution < -0.4 is 0 Å². The zero-order valence-corrected chi connectivity index (χ0v) is 10.6. The summed E-state index contributed by atoms with van der Waals surface area (Å²) in [5.41, 5.74) is 1.00. The standard InChI is InChI=1S/C11H19N3O2/c1-6-7-8-9(10(15)16-5)12-13-14(8)11(2,3)4/h6-7H2,1-5H3. The monoisotopic (exact) mass is 225 g/mol. The SMILES string of the molecule is CCCc1c(C(=O)OC)nnn1C(C)(C)C. The average molecular weight is 225 g/mol. The number of carbonyl (C=O) groups is 1. The first-order chi connectivity index (χ1) is 7.41. The Hall–Kier alpha value is -1.39. The quantitative estimate of drug-likeness (QED) is 0.736. The van der Waals surface area contributed by atoms with E-state index in [-0.39, 0.29) is 5.54 Å². The second kappa shape index (κ2) is 4.63. The van der Waals surface area contributed by atoms with Crippen molar-refractivity contribution in [3.05, 3.63) is 11.4 Å². The van der Waals surface area contributed by atoms with Gasteiger partial charge in [0, 0.05) is 0 Å². The Balaban J connectivity index is 3.22. The lowest BCUT2D eigenvalue weighted by molar-refractivity contribution is 0.0592. The van der Waals surface area contributed by atoms with E-state index in [0.29, 0.717) is 5.69 Å². The van der Waals surface area contributed by atoms with Crippen molar-refractivity contribution < 1.29 is 9.53 Å². The molecule has 0 amide bonds. The van der Waals surface area contributed by atoms with Gasteiger partial charge in [0.1, 0.15) is 0 Å². The fourth-order valence-corrected chi connectivity index (χ4v) is 1.56. The summed E-state index contributed by atoms with van der Waals surface area (Å²) in [6.07, 6.45) is 1.71. The van der Waals surface area contributed by atoms with Gasteiger partial charge in [-0.15, -0.1) is 5.10 Å². The minimum atomic E-state index is -0.418. The molecule has 0 spiro atoms. The van der Waals surface area contributed by atoms with Crippen molar-refractivity contribution in [1.29, 1.82) is 0 Å². The lowest BCUT2D eigenvalue weighted by Crippen LogP contribution is -2.26. The van der Waals surface area contributed by atoms with E-state index >= 15 is 0 Å². The van der Waals surface area contributed by atoms with Crippen LogP contribution in [-0.4, -0.2) is 28.1 Å². The maximum absolute atomic E-state index is 11.5. The van der Waals surface area contributed by atoms with E-state index < -0.39 is 5.97 Å². The highest BCUT2D eigenvalue weighted by Crippen LogP contribution is 2.19. The third-order valence-corrected chi connectivity index (χ3v) is 2.26. The molecule has 16 heavy (non-hydrogen) atoms. The van der Waals surface area contributed by atoms with Gasteiger partial charge in [0.2, 0.25) is 0 Å². The summed E-state index contributed by atoms with van der Waals surface area (Å²) >= 11 is 0. The first kappa shape index (κ1) is 12.7. The van der Waals surface area contributed by atoms with Crippen LogP contribution in [0.3, 0.4) is 0 Å². The molecule has 1 aromatic heterocycles. The second-order valence-corrected chi connectivity index (χ2v) is 4.71. The van der Waals surface area contributed by atoms with Gasteiger partial charge >= 0.3 is 5.97 Å². The van der Waals surface area contributed by atoms with Gasteiger partial charge in [-0.1, -0.05) is 18.6 Å². The molecule has 0 bridgehead atoms. The van der Waals surface area contributed by atoms with Crippen LogP contribution in [0.2, 0.25) is 0 Å². The number of aromatic nitrogens is 3. The summed E-state index contributed by atoms with van der Waals surface area (Å²) in [6.45, 7) is 8.15. The summed E-state index contributed by atoms with van der Waals surface area (Å²) in [5.74, 6) is -0.418. The normalized spacial score (nSPS) is 11.6. The van der Waals surface area contributed by atoms with Crippen LogP contribution in [-0.2, 0) is 16.7 Å². The van der Waals surface area contributed by atoms with Crippen LogP contribution in [0.15, 0.2) is 0 Å². The third-order valence-electron chi connectivity index (χ3n) is 2.26. The highest BCUT2D eigenvalue weighted by atomic mass is 16.5. The molecule has 0 aliphatic carbocycles. The molecular weight excluding hydrogens is 206 g/mol. The van der Waals surface area contributed by atoms with E-state index in [0.717, 1.165) is 18.5 Å². The predicted molar refractivity (Wildman–Crippen MR) is 60.4 cm³/mol. The maximum atomic E-state index is 11.5. The van der Waals surface area contributed by atoms with Crippen LogP contribution in [0.5, 0.6) is 0 Å². The molecular formula is C11H19N3O2. The molecule has 0 atom stereocenters. The summed E-state index contributed by atoms with van der Waals surface area (Å²) in [6, 6.07) is 0. The van der Waals surface area contributed by atoms with Crippen molar-refractivity contribution in [3.63, 3.8) is 0 Å². The molecule has 0 radical (unpaired) electrons. The molecule has 1 rings (SSSR count). The Morgan fingerprint density at radius 1 is 1.44 bits per heavy atom. The Bertz CT molecular complexity index is 377. The van der Waals surface area contributed by atoms with Gasteiger partial charge in [0.05, 0.1) is 18.3 Å². The van der Waals surface area contributed by atoms with Crippen LogP contribution in [0, 0.1) is 0 Å². The van der Waals surface area contributed by atoms with E-state index in [4.69, 9.17) is 4.74 Å². The van der Waals surface area contributed by atoms with Crippen molar-refractivity contribution in [3.8, 4) is 0 Å². The molecule has 0 aliphatic rings. The largest absolute Gasteiger partial charge is 0.464 e. The summed E-state index contributed by atoms with van der Waals surface area (Å²) in [5, 5.41) is 7.95. The minimum absolute atomic E-state index is 0.177. The lowest BCUT2D eigenvalue weighted by Gasteiger charge is -2.21. The van der Waals surface area contributed by atoms with Crippen molar-refractivity contribution in [2.75, 3.05) is 7.11 Å². The summed E-state index contributed by atoms with van der Waals surface area (Å²) in [4.78, 5) is 11.5. The van der Waals surface area contributed by atoms with Gasteiger partial charge < -0.3 is 4.74 Å². The molecule has 0 saturated heterocycles. The van der Waals surface area contributed by atoms with E-state index in [1.165, 1.54) is 7.11 Å². The molecule has 0 N–H and O–H groups in total. The van der Waals surface area contributed by atoms with Crippen molar-refractivity contribution in [1.82, 2.24) is 15.0 Å². The van der Waals surface area contributed by atoms with Crippen LogP contribution >= 0.6 is 0 Å². The van der Waals surface area contributed by atoms with Gasteiger partial charge in [0.15, 0.2) is 5.69 Å². The Kier molecular flexibility index (Phi) is 3.67. The minimum Gasteiger partial charge on any atom is -0.464 e. The third kappa shape index (κ3) is 2.40. The molecule has 5 heteroatoms. The molecule has 5 nitrogen and oxygen atoms in total. The second-order valence-electron chi connectivity index (χ2n) is 4.71. The van der Waals surface area contributed by atoms with E-state index in [1.54, 1.807) is 4.68 Å². The average Bonchev–Trinajstić information content (AvgIpc) is 2.60. The van der Waals surface area contributed by atoms with Crippen molar-refractivity contribution in [2.24, 2.45) is 0 Å². The number of esters is 1. The Morgan fingerprint density at radius 3 is 2.50 bits per heavy atom. The smallest absolute Gasteiger partial charge is 0.360 e. The predicted octanol–water partition coefficient (Wildman–Crippen LogP) is 1.77. The highest BCUT2D eigenvalue weighted by Gasteiger charge is 2.25. The molecule has 0 aliphatic heterocycles. The fraction of sp³-hybridized carbons (Fsp3) is 0.727. The highest BCUT2D eigenvalue weighted by molar-refractivity contribution is 5.88. The molecule has 1 heterocycles. The number of nitrogens with zero attached hydrogens (tertiary/aromatic N) is 3.